The third-order valence-corrected chi connectivity index (χ3v) is 3.25. The van der Waals surface area contributed by atoms with Crippen molar-refractivity contribution in [2.45, 2.75) is 25.3 Å². The molecule has 1 aliphatic heterocycles. The Hall–Kier alpha value is -2.05. The molecule has 1 aromatic rings. The average molecular weight is 266 g/mol. The molecule has 1 saturated heterocycles. The van der Waals surface area contributed by atoms with E-state index in [1.165, 1.54) is 4.90 Å². The zero-order valence-electron chi connectivity index (χ0n) is 10.9. The molecule has 7 nitrogen and oxygen atoms in total. The van der Waals surface area contributed by atoms with Crippen LogP contribution in [-0.4, -0.2) is 50.9 Å². The van der Waals surface area contributed by atoms with E-state index in [2.05, 4.69) is 10.4 Å². The predicted molar refractivity (Wildman–Crippen MR) is 67.7 cm³/mol. The van der Waals surface area contributed by atoms with Crippen molar-refractivity contribution in [2.75, 3.05) is 13.1 Å². The van der Waals surface area contributed by atoms with Crippen molar-refractivity contribution >= 4 is 12.0 Å². The third kappa shape index (κ3) is 3.24. The van der Waals surface area contributed by atoms with Gasteiger partial charge in [-0.1, -0.05) is 0 Å². The molecule has 0 aliphatic carbocycles. The zero-order valence-corrected chi connectivity index (χ0v) is 10.9. The van der Waals surface area contributed by atoms with Crippen LogP contribution in [0.15, 0.2) is 12.4 Å². The fourth-order valence-corrected chi connectivity index (χ4v) is 2.28. The molecule has 1 fully saturated rings. The van der Waals surface area contributed by atoms with E-state index in [1.54, 1.807) is 10.9 Å². The fraction of sp³-hybridized carbons (Fsp3) is 0.583. The summed E-state index contributed by atoms with van der Waals surface area (Å²) in [6.45, 7) is 0.989. The minimum Gasteiger partial charge on any atom is -0.480 e. The Balaban J connectivity index is 1.79. The van der Waals surface area contributed by atoms with Crippen molar-refractivity contribution in [3.63, 3.8) is 0 Å². The highest BCUT2D eigenvalue weighted by atomic mass is 16.4. The van der Waals surface area contributed by atoms with E-state index in [4.69, 9.17) is 5.11 Å². The van der Waals surface area contributed by atoms with Crippen LogP contribution in [0.5, 0.6) is 0 Å². The number of carbonyl (C=O) groups is 2. The van der Waals surface area contributed by atoms with E-state index in [0.717, 1.165) is 12.0 Å². The van der Waals surface area contributed by atoms with E-state index < -0.39 is 12.0 Å². The molecule has 0 spiro atoms. The molecule has 1 atom stereocenters. The van der Waals surface area contributed by atoms with Gasteiger partial charge in [0.1, 0.15) is 6.04 Å². The summed E-state index contributed by atoms with van der Waals surface area (Å²) in [7, 11) is 1.84. The number of aliphatic carboxylic acids is 1. The number of amides is 2. The lowest BCUT2D eigenvalue weighted by molar-refractivity contribution is -0.141. The molecule has 104 valence electrons. The molecule has 1 aliphatic rings. The molecule has 1 aromatic heterocycles. The van der Waals surface area contributed by atoms with E-state index in [9.17, 15) is 9.59 Å². The van der Waals surface area contributed by atoms with Crippen LogP contribution in [0.25, 0.3) is 0 Å². The van der Waals surface area contributed by atoms with Gasteiger partial charge in [-0.15, -0.1) is 0 Å². The summed E-state index contributed by atoms with van der Waals surface area (Å²) in [5.41, 5.74) is 1.04. The molecule has 2 heterocycles. The summed E-state index contributed by atoms with van der Waals surface area (Å²) >= 11 is 0. The topological polar surface area (TPSA) is 87.5 Å². The summed E-state index contributed by atoms with van der Waals surface area (Å²) in [6.07, 6.45) is 5.60. The van der Waals surface area contributed by atoms with Gasteiger partial charge in [0.05, 0.1) is 6.20 Å². The number of aromatic nitrogens is 2. The standard InChI is InChI=1S/C12H18N4O3/c1-15-8-9(7-14-15)4-5-13-12(19)16-6-2-3-10(16)11(17)18/h7-8,10H,2-6H2,1H3,(H,13,19)(H,17,18)/t10-/m0/s1. The molecular weight excluding hydrogens is 248 g/mol. The summed E-state index contributed by atoms with van der Waals surface area (Å²) < 4.78 is 1.71. The molecular formula is C12H18N4O3. The van der Waals surface area contributed by atoms with Gasteiger partial charge in [-0.3, -0.25) is 4.68 Å². The Kier molecular flexibility index (Phi) is 4.03. The number of likely N-dealkylation sites (tertiary alicyclic amines) is 1. The number of rotatable bonds is 4. The maximum Gasteiger partial charge on any atom is 0.326 e. The second-order valence-corrected chi connectivity index (χ2v) is 4.69. The summed E-state index contributed by atoms with van der Waals surface area (Å²) in [5.74, 6) is -0.931. The van der Waals surface area contributed by atoms with Crippen LogP contribution in [0.3, 0.4) is 0 Å². The minimum absolute atomic E-state index is 0.297. The normalized spacial score (nSPS) is 18.6. The van der Waals surface area contributed by atoms with Crippen LogP contribution in [0, 0.1) is 0 Å². The third-order valence-electron chi connectivity index (χ3n) is 3.25. The second kappa shape index (κ2) is 5.73. The molecule has 2 N–H and O–H groups in total. The van der Waals surface area contributed by atoms with E-state index in [-0.39, 0.29) is 6.03 Å². The van der Waals surface area contributed by atoms with Crippen molar-refractivity contribution < 1.29 is 14.7 Å². The molecule has 2 rings (SSSR count). The van der Waals surface area contributed by atoms with Crippen molar-refractivity contribution in [1.82, 2.24) is 20.0 Å². The van der Waals surface area contributed by atoms with E-state index >= 15 is 0 Å². The Morgan fingerprint density at radius 1 is 1.58 bits per heavy atom. The molecule has 19 heavy (non-hydrogen) atoms. The maximum absolute atomic E-state index is 11.9. The molecule has 2 amide bonds. The van der Waals surface area contributed by atoms with Gasteiger partial charge in [0.15, 0.2) is 0 Å². The first-order chi connectivity index (χ1) is 9.08. The summed E-state index contributed by atoms with van der Waals surface area (Å²) in [6, 6.07) is -0.979. The van der Waals surface area contributed by atoms with E-state index in [1.807, 2.05) is 13.2 Å². The highest BCUT2D eigenvalue weighted by Gasteiger charge is 2.33. The van der Waals surface area contributed by atoms with Gasteiger partial charge in [-0.2, -0.15) is 5.10 Å². The highest BCUT2D eigenvalue weighted by Crippen LogP contribution is 2.17. The zero-order chi connectivity index (χ0) is 13.8. The molecule has 0 radical (unpaired) electrons. The lowest BCUT2D eigenvalue weighted by Gasteiger charge is -2.21. The lowest BCUT2D eigenvalue weighted by atomic mass is 10.2. The van der Waals surface area contributed by atoms with Crippen LogP contribution in [0.2, 0.25) is 0 Å². The van der Waals surface area contributed by atoms with Gasteiger partial charge < -0.3 is 15.3 Å². The smallest absolute Gasteiger partial charge is 0.326 e. The van der Waals surface area contributed by atoms with Crippen LogP contribution in [-0.2, 0) is 18.3 Å². The van der Waals surface area contributed by atoms with Crippen molar-refractivity contribution in [1.29, 1.82) is 0 Å². The van der Waals surface area contributed by atoms with Crippen LogP contribution in [0.1, 0.15) is 18.4 Å². The lowest BCUT2D eigenvalue weighted by Crippen LogP contribution is -2.46. The molecule has 0 bridgehead atoms. The quantitative estimate of drug-likeness (QED) is 0.816. The number of hydrogen-bond acceptors (Lipinski definition) is 3. The number of carboxylic acid groups (broad SMARTS) is 1. The van der Waals surface area contributed by atoms with Gasteiger partial charge >= 0.3 is 12.0 Å². The Morgan fingerprint density at radius 2 is 2.37 bits per heavy atom. The number of urea groups is 1. The van der Waals surface area contributed by atoms with Gasteiger partial charge in [0.2, 0.25) is 0 Å². The number of aryl methyl sites for hydroxylation is 1. The summed E-state index contributed by atoms with van der Waals surface area (Å²) in [4.78, 5) is 24.3. The molecule has 7 heteroatoms. The predicted octanol–water partition coefficient (Wildman–Crippen LogP) is 0.221. The van der Waals surface area contributed by atoms with Crippen LogP contribution < -0.4 is 5.32 Å². The fourth-order valence-electron chi connectivity index (χ4n) is 2.28. The second-order valence-electron chi connectivity index (χ2n) is 4.69. The number of carbonyl (C=O) groups excluding carboxylic acids is 1. The average Bonchev–Trinajstić information content (AvgIpc) is 2.97. The van der Waals surface area contributed by atoms with Crippen molar-refractivity contribution in [2.24, 2.45) is 7.05 Å². The van der Waals surface area contributed by atoms with Crippen LogP contribution >= 0.6 is 0 Å². The van der Waals surface area contributed by atoms with Crippen LogP contribution in [0.4, 0.5) is 4.79 Å². The number of nitrogens with one attached hydrogen (secondary N) is 1. The number of nitrogens with zero attached hydrogens (tertiary/aromatic N) is 3. The van der Waals surface area contributed by atoms with Gasteiger partial charge in [0.25, 0.3) is 0 Å². The molecule has 0 unspecified atom stereocenters. The maximum atomic E-state index is 11.9. The molecule has 0 aromatic carbocycles. The monoisotopic (exact) mass is 266 g/mol. The van der Waals surface area contributed by atoms with Gasteiger partial charge in [-0.05, 0) is 24.8 Å². The summed E-state index contributed by atoms with van der Waals surface area (Å²) in [5, 5.41) is 15.8. The SMILES string of the molecule is Cn1cc(CCNC(=O)N2CCC[C@H]2C(=O)O)cn1. The first-order valence-corrected chi connectivity index (χ1v) is 6.32. The van der Waals surface area contributed by atoms with Crippen molar-refractivity contribution in [3.8, 4) is 0 Å². The van der Waals surface area contributed by atoms with Gasteiger partial charge in [0, 0.05) is 26.3 Å². The first-order valence-electron chi connectivity index (χ1n) is 6.32. The van der Waals surface area contributed by atoms with Gasteiger partial charge in [-0.25, -0.2) is 9.59 Å². The number of carboxylic acids is 1. The largest absolute Gasteiger partial charge is 0.480 e. The van der Waals surface area contributed by atoms with Crippen molar-refractivity contribution in [3.05, 3.63) is 18.0 Å². The minimum atomic E-state index is -0.931. The Bertz CT molecular complexity index is 471. The number of hydrogen-bond donors (Lipinski definition) is 2. The molecule has 0 saturated carbocycles. The van der Waals surface area contributed by atoms with E-state index in [0.29, 0.717) is 25.9 Å². The Labute approximate surface area is 111 Å². The Morgan fingerprint density at radius 3 is 3.00 bits per heavy atom. The first kappa shape index (κ1) is 13.4. The highest BCUT2D eigenvalue weighted by molar-refractivity contribution is 5.83.